The van der Waals surface area contributed by atoms with Crippen LogP contribution in [-0.4, -0.2) is 24.2 Å². The number of unbranched alkanes of at least 4 members (excludes halogenated alkanes) is 3. The fraction of sp³-hybridized carbons (Fsp3) is 0.333. The number of hydrogen-bond donors (Lipinski definition) is 0. The standard InChI is InChI=1S/C33H33NO6/c1-4-5-6-7-14-37-24-11-9-23(10-12-24)30-29-31(35)25-15-20(2)21(3)16-27(25)40-32(29)33(36)34(30)18-22-8-13-26-28(17-22)39-19-38-26/h8-13,15-17,30H,4-7,14,18-19H2,1-3H3. The molecule has 7 heteroatoms. The van der Waals surface area contributed by atoms with E-state index in [2.05, 4.69) is 6.92 Å². The van der Waals surface area contributed by atoms with Crippen LogP contribution >= 0.6 is 0 Å². The van der Waals surface area contributed by atoms with Crippen molar-refractivity contribution < 1.29 is 23.4 Å². The minimum Gasteiger partial charge on any atom is -0.494 e. The molecule has 206 valence electrons. The maximum absolute atomic E-state index is 14.0. The number of fused-ring (bicyclic) bond motifs is 3. The average molecular weight is 540 g/mol. The maximum Gasteiger partial charge on any atom is 0.291 e. The molecule has 0 N–H and O–H groups in total. The van der Waals surface area contributed by atoms with E-state index in [1.807, 2.05) is 68.4 Å². The van der Waals surface area contributed by atoms with E-state index in [9.17, 15) is 9.59 Å². The first kappa shape index (κ1) is 26.0. The second kappa shape index (κ2) is 10.7. The third-order valence-electron chi connectivity index (χ3n) is 7.83. The highest BCUT2D eigenvalue weighted by molar-refractivity contribution is 5.99. The SMILES string of the molecule is CCCCCCOc1ccc(C2c3c(oc4cc(C)c(C)cc4c3=O)C(=O)N2Cc2ccc3c(c2)OCO3)cc1. The zero-order valence-electron chi connectivity index (χ0n) is 23.1. The second-order valence-corrected chi connectivity index (χ2v) is 10.6. The van der Waals surface area contributed by atoms with Crippen LogP contribution in [0.15, 0.2) is 63.8 Å². The van der Waals surface area contributed by atoms with E-state index in [-0.39, 0.29) is 30.4 Å². The molecule has 1 amide bonds. The molecule has 1 aromatic heterocycles. The van der Waals surface area contributed by atoms with E-state index >= 15 is 0 Å². The van der Waals surface area contributed by atoms with E-state index in [0.29, 0.717) is 34.6 Å². The van der Waals surface area contributed by atoms with Crippen LogP contribution < -0.4 is 19.6 Å². The molecule has 7 nitrogen and oxygen atoms in total. The average Bonchev–Trinajstić information content (AvgIpc) is 3.53. The van der Waals surface area contributed by atoms with Crippen molar-refractivity contribution in [1.82, 2.24) is 4.90 Å². The Morgan fingerprint density at radius 2 is 1.68 bits per heavy atom. The second-order valence-electron chi connectivity index (χ2n) is 10.6. The first-order valence-electron chi connectivity index (χ1n) is 13.9. The summed E-state index contributed by atoms with van der Waals surface area (Å²) in [6.07, 6.45) is 4.54. The Kier molecular flexibility index (Phi) is 6.96. The van der Waals surface area contributed by atoms with Crippen molar-refractivity contribution in [2.75, 3.05) is 13.4 Å². The number of aryl methyl sites for hydroxylation is 2. The molecule has 1 atom stereocenters. The fourth-order valence-electron chi connectivity index (χ4n) is 5.49. The Labute approximate surface area is 233 Å². The minimum atomic E-state index is -0.603. The van der Waals surface area contributed by atoms with Gasteiger partial charge >= 0.3 is 0 Å². The molecule has 2 aliphatic rings. The predicted octanol–water partition coefficient (Wildman–Crippen LogP) is 6.84. The molecule has 0 saturated carbocycles. The molecule has 0 aliphatic carbocycles. The Hall–Kier alpha value is -4.26. The summed E-state index contributed by atoms with van der Waals surface area (Å²) in [6, 6.07) is 16.4. The summed E-state index contributed by atoms with van der Waals surface area (Å²) in [7, 11) is 0. The number of benzene rings is 3. The van der Waals surface area contributed by atoms with Crippen molar-refractivity contribution >= 4 is 16.9 Å². The van der Waals surface area contributed by atoms with Crippen LogP contribution in [0.5, 0.6) is 17.2 Å². The molecule has 0 spiro atoms. The summed E-state index contributed by atoms with van der Waals surface area (Å²) >= 11 is 0. The van der Waals surface area contributed by atoms with Gasteiger partial charge in [0, 0.05) is 6.54 Å². The summed E-state index contributed by atoms with van der Waals surface area (Å²) in [5, 5.41) is 0.483. The van der Waals surface area contributed by atoms with Gasteiger partial charge in [0.1, 0.15) is 11.3 Å². The monoisotopic (exact) mass is 539 g/mol. The van der Waals surface area contributed by atoms with Crippen LogP contribution in [0.1, 0.15) is 77.0 Å². The predicted molar refractivity (Wildman–Crippen MR) is 152 cm³/mol. The van der Waals surface area contributed by atoms with Crippen molar-refractivity contribution in [3.63, 3.8) is 0 Å². The Balaban J connectivity index is 1.39. The van der Waals surface area contributed by atoms with Crippen LogP contribution in [0, 0.1) is 13.8 Å². The smallest absolute Gasteiger partial charge is 0.291 e. The van der Waals surface area contributed by atoms with Gasteiger partial charge in [0.2, 0.25) is 12.6 Å². The largest absolute Gasteiger partial charge is 0.494 e. The van der Waals surface area contributed by atoms with Crippen molar-refractivity contribution in [2.45, 2.75) is 59.0 Å². The lowest BCUT2D eigenvalue weighted by molar-refractivity contribution is 0.0714. The number of nitrogens with zero attached hydrogens (tertiary/aromatic N) is 1. The highest BCUT2D eigenvalue weighted by Gasteiger charge is 2.43. The number of ether oxygens (including phenoxy) is 3. The summed E-state index contributed by atoms with van der Waals surface area (Å²) in [4.78, 5) is 29.5. The fourth-order valence-corrected chi connectivity index (χ4v) is 5.49. The topological polar surface area (TPSA) is 78.2 Å². The van der Waals surface area contributed by atoms with E-state index < -0.39 is 6.04 Å². The van der Waals surface area contributed by atoms with Crippen molar-refractivity contribution in [3.8, 4) is 17.2 Å². The van der Waals surface area contributed by atoms with Crippen LogP contribution in [0.4, 0.5) is 0 Å². The number of amides is 1. The molecule has 0 saturated heterocycles. The van der Waals surface area contributed by atoms with Gasteiger partial charge in [0.15, 0.2) is 16.9 Å². The van der Waals surface area contributed by atoms with Crippen molar-refractivity contribution in [3.05, 3.63) is 98.4 Å². The third kappa shape index (κ3) is 4.70. The van der Waals surface area contributed by atoms with Gasteiger partial charge in [-0.2, -0.15) is 0 Å². The molecule has 3 aromatic carbocycles. The molecule has 1 unspecified atom stereocenters. The molecule has 0 radical (unpaired) electrons. The quantitative estimate of drug-likeness (QED) is 0.217. The van der Waals surface area contributed by atoms with Gasteiger partial charge in [-0.1, -0.05) is 44.4 Å². The van der Waals surface area contributed by atoms with Crippen LogP contribution in [-0.2, 0) is 6.54 Å². The lowest BCUT2D eigenvalue weighted by Gasteiger charge is -2.25. The lowest BCUT2D eigenvalue weighted by Crippen LogP contribution is -2.29. The number of hydrogen-bond acceptors (Lipinski definition) is 6. The van der Waals surface area contributed by atoms with Gasteiger partial charge in [-0.3, -0.25) is 9.59 Å². The van der Waals surface area contributed by atoms with E-state index in [0.717, 1.165) is 40.8 Å². The van der Waals surface area contributed by atoms with Crippen LogP contribution in [0.3, 0.4) is 0 Å². The highest BCUT2D eigenvalue weighted by Crippen LogP contribution is 2.41. The number of carbonyl (C=O) groups is 1. The van der Waals surface area contributed by atoms with E-state index in [1.165, 1.54) is 12.8 Å². The lowest BCUT2D eigenvalue weighted by atomic mass is 9.97. The van der Waals surface area contributed by atoms with Gasteiger partial charge in [0.05, 0.1) is 23.6 Å². The van der Waals surface area contributed by atoms with E-state index in [4.69, 9.17) is 18.6 Å². The summed E-state index contributed by atoms with van der Waals surface area (Å²) in [6.45, 7) is 7.23. The third-order valence-corrected chi connectivity index (χ3v) is 7.83. The Bertz CT molecular complexity index is 1640. The minimum absolute atomic E-state index is 0.0998. The van der Waals surface area contributed by atoms with Gasteiger partial charge in [0.25, 0.3) is 5.91 Å². The molecular weight excluding hydrogens is 506 g/mol. The van der Waals surface area contributed by atoms with Crippen LogP contribution in [0.2, 0.25) is 0 Å². The highest BCUT2D eigenvalue weighted by atomic mass is 16.7. The normalized spacial score (nSPS) is 15.6. The summed E-state index contributed by atoms with van der Waals surface area (Å²) in [5.41, 5.74) is 4.30. The molecular formula is C33H33NO6. The van der Waals surface area contributed by atoms with Crippen LogP contribution in [0.25, 0.3) is 11.0 Å². The van der Waals surface area contributed by atoms with Gasteiger partial charge in [-0.05, 0) is 78.9 Å². The molecule has 0 fully saturated rings. The summed E-state index contributed by atoms with van der Waals surface area (Å²) < 4.78 is 23.1. The zero-order valence-corrected chi connectivity index (χ0v) is 23.1. The molecule has 0 bridgehead atoms. The number of carbonyl (C=O) groups excluding carboxylic acids is 1. The zero-order chi connectivity index (χ0) is 27.8. The first-order chi connectivity index (χ1) is 19.4. The Morgan fingerprint density at radius 3 is 2.48 bits per heavy atom. The molecule has 40 heavy (non-hydrogen) atoms. The van der Waals surface area contributed by atoms with Gasteiger partial charge in [-0.25, -0.2) is 0 Å². The summed E-state index contributed by atoms with van der Waals surface area (Å²) in [5.74, 6) is 1.87. The van der Waals surface area contributed by atoms with Gasteiger partial charge < -0.3 is 23.5 Å². The first-order valence-corrected chi connectivity index (χ1v) is 13.9. The van der Waals surface area contributed by atoms with Crippen molar-refractivity contribution in [2.24, 2.45) is 0 Å². The molecule has 6 rings (SSSR count). The van der Waals surface area contributed by atoms with Gasteiger partial charge in [-0.15, -0.1) is 0 Å². The Morgan fingerprint density at radius 1 is 0.900 bits per heavy atom. The van der Waals surface area contributed by atoms with Crippen molar-refractivity contribution in [1.29, 1.82) is 0 Å². The molecule has 2 aliphatic heterocycles. The number of rotatable bonds is 9. The molecule has 3 heterocycles. The van der Waals surface area contributed by atoms with E-state index in [1.54, 1.807) is 4.90 Å². The maximum atomic E-state index is 14.0. The molecule has 4 aromatic rings.